The predicted molar refractivity (Wildman–Crippen MR) is 82.4 cm³/mol. The number of morpholine rings is 1. The van der Waals surface area contributed by atoms with E-state index in [9.17, 15) is 4.39 Å². The van der Waals surface area contributed by atoms with Crippen LogP contribution in [-0.4, -0.2) is 49.3 Å². The lowest BCUT2D eigenvalue weighted by molar-refractivity contribution is 0.0322. The average Bonchev–Trinajstić information content (AvgIpc) is 2.57. The fourth-order valence-corrected chi connectivity index (χ4v) is 2.41. The molecule has 116 valence electrons. The lowest BCUT2D eigenvalue weighted by atomic mass is 10.1. The molecule has 4 nitrogen and oxygen atoms in total. The van der Waals surface area contributed by atoms with E-state index in [2.05, 4.69) is 9.88 Å². The van der Waals surface area contributed by atoms with Gasteiger partial charge in [0.2, 0.25) is 5.95 Å². The number of rotatable bonds is 5. The molecule has 1 aliphatic heterocycles. The lowest BCUT2D eigenvalue weighted by Gasteiger charge is -2.26. The first-order chi connectivity index (χ1) is 10.8. The van der Waals surface area contributed by atoms with Crippen molar-refractivity contribution in [2.45, 2.75) is 0 Å². The minimum absolute atomic E-state index is 0.466. The maximum Gasteiger partial charge on any atom is 0.212 e. The zero-order valence-corrected chi connectivity index (χ0v) is 12.4. The Labute approximate surface area is 129 Å². The van der Waals surface area contributed by atoms with Gasteiger partial charge in [0.25, 0.3) is 0 Å². The van der Waals surface area contributed by atoms with Crippen LogP contribution in [0, 0.1) is 5.95 Å². The largest absolute Gasteiger partial charge is 0.492 e. The second-order valence-corrected chi connectivity index (χ2v) is 5.20. The maximum atomic E-state index is 12.8. The van der Waals surface area contributed by atoms with Gasteiger partial charge in [0, 0.05) is 31.4 Å². The SMILES string of the molecule is Fc1ccc(-c2ccc(OCCN3CCOCC3)cc2)cn1. The summed E-state index contributed by atoms with van der Waals surface area (Å²) in [5.74, 6) is 0.374. The minimum Gasteiger partial charge on any atom is -0.492 e. The van der Waals surface area contributed by atoms with Crippen molar-refractivity contribution in [3.05, 3.63) is 48.5 Å². The van der Waals surface area contributed by atoms with Crippen molar-refractivity contribution < 1.29 is 13.9 Å². The van der Waals surface area contributed by atoms with Crippen LogP contribution in [0.4, 0.5) is 4.39 Å². The van der Waals surface area contributed by atoms with Crippen LogP contribution in [0.5, 0.6) is 5.75 Å². The second-order valence-electron chi connectivity index (χ2n) is 5.20. The summed E-state index contributed by atoms with van der Waals surface area (Å²) in [5, 5.41) is 0. The summed E-state index contributed by atoms with van der Waals surface area (Å²) in [6.45, 7) is 5.13. The molecule has 1 aromatic heterocycles. The molecule has 5 heteroatoms. The van der Waals surface area contributed by atoms with E-state index in [4.69, 9.17) is 9.47 Å². The highest BCUT2D eigenvalue weighted by Gasteiger charge is 2.09. The van der Waals surface area contributed by atoms with E-state index in [-0.39, 0.29) is 0 Å². The van der Waals surface area contributed by atoms with Gasteiger partial charge in [-0.1, -0.05) is 12.1 Å². The Morgan fingerprint density at radius 3 is 2.45 bits per heavy atom. The first kappa shape index (κ1) is 14.9. The van der Waals surface area contributed by atoms with Gasteiger partial charge in [-0.3, -0.25) is 4.90 Å². The van der Waals surface area contributed by atoms with Crippen LogP contribution < -0.4 is 4.74 Å². The van der Waals surface area contributed by atoms with Gasteiger partial charge in [0.15, 0.2) is 0 Å². The van der Waals surface area contributed by atoms with Gasteiger partial charge in [0.05, 0.1) is 13.2 Å². The standard InChI is InChI=1S/C17H19FN2O2/c18-17-6-3-15(13-19-17)14-1-4-16(5-2-14)22-12-9-20-7-10-21-11-8-20/h1-6,13H,7-12H2. The highest BCUT2D eigenvalue weighted by molar-refractivity contribution is 5.62. The molecule has 0 spiro atoms. The minimum atomic E-state index is -0.466. The number of pyridine rings is 1. The number of aromatic nitrogens is 1. The molecule has 3 rings (SSSR count). The molecule has 0 N–H and O–H groups in total. The molecule has 2 aromatic rings. The number of hydrogen-bond acceptors (Lipinski definition) is 4. The van der Waals surface area contributed by atoms with E-state index >= 15 is 0 Å². The summed E-state index contributed by atoms with van der Waals surface area (Å²) in [5.41, 5.74) is 1.88. The summed E-state index contributed by atoms with van der Waals surface area (Å²) < 4.78 is 23.9. The second kappa shape index (κ2) is 7.33. The van der Waals surface area contributed by atoms with E-state index in [1.165, 1.54) is 12.3 Å². The number of halogens is 1. The molecule has 1 saturated heterocycles. The quantitative estimate of drug-likeness (QED) is 0.795. The summed E-state index contributed by atoms with van der Waals surface area (Å²) in [6, 6.07) is 10.9. The Morgan fingerprint density at radius 2 is 1.77 bits per heavy atom. The highest BCUT2D eigenvalue weighted by Crippen LogP contribution is 2.21. The summed E-state index contributed by atoms with van der Waals surface area (Å²) in [6.07, 6.45) is 1.53. The van der Waals surface area contributed by atoms with Crippen molar-refractivity contribution in [3.63, 3.8) is 0 Å². The van der Waals surface area contributed by atoms with Gasteiger partial charge in [-0.05, 0) is 29.8 Å². The molecular formula is C17H19FN2O2. The van der Waals surface area contributed by atoms with E-state index in [1.54, 1.807) is 6.07 Å². The fourth-order valence-electron chi connectivity index (χ4n) is 2.41. The van der Waals surface area contributed by atoms with Crippen molar-refractivity contribution in [3.8, 4) is 16.9 Å². The maximum absolute atomic E-state index is 12.8. The molecule has 0 amide bonds. The Kier molecular flexibility index (Phi) is 4.98. The van der Waals surface area contributed by atoms with E-state index in [0.717, 1.165) is 49.7 Å². The molecule has 22 heavy (non-hydrogen) atoms. The van der Waals surface area contributed by atoms with Gasteiger partial charge >= 0.3 is 0 Å². The third kappa shape index (κ3) is 4.02. The first-order valence-corrected chi connectivity index (χ1v) is 7.46. The number of ether oxygens (including phenoxy) is 2. The van der Waals surface area contributed by atoms with E-state index in [1.807, 2.05) is 24.3 Å². The predicted octanol–water partition coefficient (Wildman–Crippen LogP) is 2.60. The van der Waals surface area contributed by atoms with Crippen LogP contribution >= 0.6 is 0 Å². The summed E-state index contributed by atoms with van der Waals surface area (Å²) in [4.78, 5) is 6.00. The van der Waals surface area contributed by atoms with E-state index in [0.29, 0.717) is 6.61 Å². The van der Waals surface area contributed by atoms with Crippen LogP contribution in [0.25, 0.3) is 11.1 Å². The van der Waals surface area contributed by atoms with E-state index < -0.39 is 5.95 Å². The zero-order valence-electron chi connectivity index (χ0n) is 12.4. The smallest absolute Gasteiger partial charge is 0.212 e. The molecule has 1 aliphatic rings. The molecular weight excluding hydrogens is 283 g/mol. The number of hydrogen-bond donors (Lipinski definition) is 0. The molecule has 0 saturated carbocycles. The molecule has 0 bridgehead atoms. The third-order valence-corrected chi connectivity index (χ3v) is 3.69. The van der Waals surface area contributed by atoms with Crippen LogP contribution in [0.2, 0.25) is 0 Å². The van der Waals surface area contributed by atoms with Gasteiger partial charge in [-0.25, -0.2) is 4.98 Å². The summed E-state index contributed by atoms with van der Waals surface area (Å²) in [7, 11) is 0. The van der Waals surface area contributed by atoms with Crippen molar-refractivity contribution in [2.75, 3.05) is 39.5 Å². The van der Waals surface area contributed by atoms with Crippen molar-refractivity contribution >= 4 is 0 Å². The van der Waals surface area contributed by atoms with Crippen molar-refractivity contribution in [1.82, 2.24) is 9.88 Å². The normalized spacial score (nSPS) is 15.7. The fraction of sp³-hybridized carbons (Fsp3) is 0.353. The van der Waals surface area contributed by atoms with Crippen molar-refractivity contribution in [2.24, 2.45) is 0 Å². The van der Waals surface area contributed by atoms with Gasteiger partial charge in [-0.15, -0.1) is 0 Å². The van der Waals surface area contributed by atoms with Crippen LogP contribution in [0.3, 0.4) is 0 Å². The average molecular weight is 302 g/mol. The number of benzene rings is 1. The van der Waals surface area contributed by atoms with Gasteiger partial charge in [-0.2, -0.15) is 4.39 Å². The Balaban J connectivity index is 1.51. The molecule has 0 unspecified atom stereocenters. The highest BCUT2D eigenvalue weighted by atomic mass is 19.1. The first-order valence-electron chi connectivity index (χ1n) is 7.46. The molecule has 2 heterocycles. The lowest BCUT2D eigenvalue weighted by Crippen LogP contribution is -2.38. The topological polar surface area (TPSA) is 34.6 Å². The molecule has 0 atom stereocenters. The molecule has 1 fully saturated rings. The Morgan fingerprint density at radius 1 is 1.05 bits per heavy atom. The Hall–Kier alpha value is -1.98. The van der Waals surface area contributed by atoms with Crippen molar-refractivity contribution in [1.29, 1.82) is 0 Å². The summed E-state index contributed by atoms with van der Waals surface area (Å²) >= 11 is 0. The zero-order chi connectivity index (χ0) is 15.2. The van der Waals surface area contributed by atoms with Crippen LogP contribution in [0.15, 0.2) is 42.6 Å². The van der Waals surface area contributed by atoms with Gasteiger partial charge < -0.3 is 9.47 Å². The van der Waals surface area contributed by atoms with Crippen LogP contribution in [-0.2, 0) is 4.74 Å². The third-order valence-electron chi connectivity index (χ3n) is 3.69. The monoisotopic (exact) mass is 302 g/mol. The molecule has 0 aliphatic carbocycles. The van der Waals surface area contributed by atoms with Crippen LogP contribution in [0.1, 0.15) is 0 Å². The number of nitrogens with zero attached hydrogens (tertiary/aromatic N) is 2. The Bertz CT molecular complexity index is 581. The van der Waals surface area contributed by atoms with Gasteiger partial charge in [0.1, 0.15) is 12.4 Å². The molecule has 1 aromatic carbocycles. The molecule has 0 radical (unpaired) electrons.